The zero-order valence-corrected chi connectivity index (χ0v) is 16.6. The van der Waals surface area contributed by atoms with Crippen LogP contribution in [0.1, 0.15) is 50.5 Å². The Bertz CT molecular complexity index is 854. The van der Waals surface area contributed by atoms with Crippen LogP contribution in [-0.4, -0.2) is 20.7 Å². The van der Waals surface area contributed by atoms with Crippen LogP contribution in [0.25, 0.3) is 10.2 Å². The molecule has 0 aromatic carbocycles. The number of hydrogen-bond donors (Lipinski definition) is 1. The van der Waals surface area contributed by atoms with Crippen LogP contribution in [0.15, 0.2) is 9.95 Å². The number of thiophene rings is 1. The molecule has 2 aromatic heterocycles. The summed E-state index contributed by atoms with van der Waals surface area (Å²) in [7, 11) is 0. The zero-order valence-electron chi connectivity index (χ0n) is 15.0. The molecule has 136 valence electrons. The summed E-state index contributed by atoms with van der Waals surface area (Å²) in [5.74, 6) is 0.102. The molecule has 5 nitrogen and oxygen atoms in total. The van der Waals surface area contributed by atoms with Crippen LogP contribution < -0.4 is 11.3 Å². The number of carbonyl (C=O) groups excluding carboxylic acids is 1. The Balaban J connectivity index is 2.13. The number of rotatable bonds is 6. The highest BCUT2D eigenvalue weighted by atomic mass is 32.2. The van der Waals surface area contributed by atoms with Crippen molar-refractivity contribution in [1.82, 2.24) is 9.55 Å². The predicted octanol–water partition coefficient (Wildman–Crippen LogP) is 3.35. The van der Waals surface area contributed by atoms with Gasteiger partial charge in [-0.3, -0.25) is 14.2 Å². The summed E-state index contributed by atoms with van der Waals surface area (Å²) in [5.41, 5.74) is 6.67. The third-order valence-electron chi connectivity index (χ3n) is 4.65. The van der Waals surface area contributed by atoms with E-state index in [1.807, 2.05) is 0 Å². The number of hydrogen-bond acceptors (Lipinski definition) is 5. The van der Waals surface area contributed by atoms with E-state index in [4.69, 9.17) is 10.7 Å². The van der Waals surface area contributed by atoms with Crippen LogP contribution in [0.4, 0.5) is 0 Å². The molecule has 2 aromatic rings. The first kappa shape index (κ1) is 18.5. The highest BCUT2D eigenvalue weighted by Gasteiger charge is 2.23. The molecule has 1 aliphatic rings. The van der Waals surface area contributed by atoms with Gasteiger partial charge in [0.15, 0.2) is 5.16 Å². The lowest BCUT2D eigenvalue weighted by Gasteiger charge is -2.15. The Morgan fingerprint density at radius 3 is 2.72 bits per heavy atom. The molecule has 0 fully saturated rings. The van der Waals surface area contributed by atoms with E-state index in [-0.39, 0.29) is 11.5 Å². The number of nitrogens with two attached hydrogens (primary N) is 1. The summed E-state index contributed by atoms with van der Waals surface area (Å²) in [6.45, 7) is 6.66. The molecule has 0 aliphatic heterocycles. The van der Waals surface area contributed by atoms with Crippen molar-refractivity contribution >= 4 is 39.2 Å². The Morgan fingerprint density at radius 1 is 1.32 bits per heavy atom. The summed E-state index contributed by atoms with van der Waals surface area (Å²) in [4.78, 5) is 31.6. The smallest absolute Gasteiger partial charge is 0.263 e. The Hall–Kier alpha value is -1.34. The second kappa shape index (κ2) is 7.50. The molecule has 0 bridgehead atoms. The van der Waals surface area contributed by atoms with Crippen molar-refractivity contribution in [2.45, 2.75) is 69.8 Å². The number of thioether (sulfide) groups is 1. The lowest BCUT2D eigenvalue weighted by Crippen LogP contribution is -2.27. The SMILES string of the molecule is CC(C)CCn1c(SC(C)C(N)=O)nc2sc3c(c2c1=O)CCCC3. The summed E-state index contributed by atoms with van der Waals surface area (Å²) in [6.07, 6.45) is 5.24. The Kier molecular flexibility index (Phi) is 5.53. The van der Waals surface area contributed by atoms with E-state index in [1.54, 1.807) is 22.8 Å². The van der Waals surface area contributed by atoms with Gasteiger partial charge >= 0.3 is 0 Å². The molecule has 25 heavy (non-hydrogen) atoms. The van der Waals surface area contributed by atoms with E-state index in [1.165, 1.54) is 28.6 Å². The largest absolute Gasteiger partial charge is 0.369 e. The first-order valence-corrected chi connectivity index (χ1v) is 10.6. The van der Waals surface area contributed by atoms with E-state index in [9.17, 15) is 9.59 Å². The molecular weight excluding hydrogens is 354 g/mol. The molecule has 3 rings (SSSR count). The third-order valence-corrected chi connectivity index (χ3v) is 6.95. The normalized spacial score (nSPS) is 15.5. The third kappa shape index (κ3) is 3.77. The van der Waals surface area contributed by atoms with Gasteiger partial charge in [-0.25, -0.2) is 4.98 Å². The molecule has 0 saturated carbocycles. The molecule has 1 unspecified atom stereocenters. The Morgan fingerprint density at radius 2 is 2.04 bits per heavy atom. The minimum Gasteiger partial charge on any atom is -0.369 e. The van der Waals surface area contributed by atoms with Gasteiger partial charge in [-0.05, 0) is 50.5 Å². The minimum absolute atomic E-state index is 0.0456. The van der Waals surface area contributed by atoms with Crippen LogP contribution in [0.2, 0.25) is 0 Å². The molecule has 2 heterocycles. The molecule has 1 atom stereocenters. The van der Waals surface area contributed by atoms with Crippen molar-refractivity contribution in [3.8, 4) is 0 Å². The van der Waals surface area contributed by atoms with Crippen LogP contribution in [0, 0.1) is 5.92 Å². The van der Waals surface area contributed by atoms with Crippen LogP contribution >= 0.6 is 23.1 Å². The summed E-state index contributed by atoms with van der Waals surface area (Å²) in [6, 6.07) is 0. The first-order valence-electron chi connectivity index (χ1n) is 8.89. The van der Waals surface area contributed by atoms with E-state index in [0.29, 0.717) is 17.6 Å². The monoisotopic (exact) mass is 379 g/mol. The average molecular weight is 380 g/mol. The van der Waals surface area contributed by atoms with Gasteiger partial charge < -0.3 is 5.73 Å². The number of aromatic nitrogens is 2. The van der Waals surface area contributed by atoms with Crippen molar-refractivity contribution in [1.29, 1.82) is 0 Å². The maximum absolute atomic E-state index is 13.2. The van der Waals surface area contributed by atoms with Crippen LogP contribution in [-0.2, 0) is 24.2 Å². The van der Waals surface area contributed by atoms with Crippen molar-refractivity contribution < 1.29 is 4.79 Å². The van der Waals surface area contributed by atoms with Crippen molar-refractivity contribution in [3.63, 3.8) is 0 Å². The fraction of sp³-hybridized carbons (Fsp3) is 0.611. The highest BCUT2D eigenvalue weighted by molar-refractivity contribution is 8.00. The number of primary amides is 1. The van der Waals surface area contributed by atoms with Crippen molar-refractivity contribution in [3.05, 3.63) is 20.8 Å². The lowest BCUT2D eigenvalue weighted by molar-refractivity contribution is -0.117. The maximum atomic E-state index is 13.2. The zero-order chi connectivity index (χ0) is 18.1. The molecule has 0 spiro atoms. The molecular formula is C18H25N3O2S2. The average Bonchev–Trinajstić information content (AvgIpc) is 2.92. The fourth-order valence-electron chi connectivity index (χ4n) is 3.11. The molecule has 2 N–H and O–H groups in total. The van der Waals surface area contributed by atoms with E-state index in [0.717, 1.165) is 35.9 Å². The number of nitrogens with zero attached hydrogens (tertiary/aromatic N) is 2. The van der Waals surface area contributed by atoms with Gasteiger partial charge in [0.05, 0.1) is 10.6 Å². The molecule has 7 heteroatoms. The van der Waals surface area contributed by atoms with Gasteiger partial charge in [-0.15, -0.1) is 11.3 Å². The second-order valence-corrected chi connectivity index (χ2v) is 9.48. The number of aryl methyl sites for hydroxylation is 2. The van der Waals surface area contributed by atoms with Gasteiger partial charge in [0.25, 0.3) is 5.56 Å². The van der Waals surface area contributed by atoms with E-state index in [2.05, 4.69) is 13.8 Å². The van der Waals surface area contributed by atoms with Gasteiger partial charge in [0.1, 0.15) is 4.83 Å². The fourth-order valence-corrected chi connectivity index (χ4v) is 5.30. The Labute approximate surface area is 156 Å². The molecule has 1 aliphatic carbocycles. The van der Waals surface area contributed by atoms with Gasteiger partial charge in [-0.2, -0.15) is 0 Å². The highest BCUT2D eigenvalue weighted by Crippen LogP contribution is 2.35. The minimum atomic E-state index is -0.413. The quantitative estimate of drug-likeness (QED) is 0.617. The van der Waals surface area contributed by atoms with E-state index >= 15 is 0 Å². The van der Waals surface area contributed by atoms with Crippen LogP contribution in [0.5, 0.6) is 0 Å². The summed E-state index contributed by atoms with van der Waals surface area (Å²) < 4.78 is 1.76. The van der Waals surface area contributed by atoms with Crippen LogP contribution in [0.3, 0.4) is 0 Å². The predicted molar refractivity (Wildman–Crippen MR) is 104 cm³/mol. The molecule has 0 saturated heterocycles. The van der Waals surface area contributed by atoms with E-state index < -0.39 is 5.25 Å². The van der Waals surface area contributed by atoms with Gasteiger partial charge in [-0.1, -0.05) is 25.6 Å². The standard InChI is InChI=1S/C18H25N3O2S2/c1-10(2)8-9-21-17(23)14-12-6-4-5-7-13(12)25-16(14)20-18(21)24-11(3)15(19)22/h10-11H,4-9H2,1-3H3,(H2,19,22). The molecule has 0 radical (unpaired) electrons. The van der Waals surface area contributed by atoms with Crippen molar-refractivity contribution in [2.24, 2.45) is 11.7 Å². The maximum Gasteiger partial charge on any atom is 0.263 e. The molecule has 1 amide bonds. The lowest BCUT2D eigenvalue weighted by atomic mass is 9.97. The number of carbonyl (C=O) groups is 1. The van der Waals surface area contributed by atoms with Gasteiger partial charge in [0.2, 0.25) is 5.91 Å². The first-order chi connectivity index (χ1) is 11.9. The topological polar surface area (TPSA) is 78.0 Å². The second-order valence-electron chi connectivity index (χ2n) is 7.09. The van der Waals surface area contributed by atoms with Crippen molar-refractivity contribution in [2.75, 3.05) is 0 Å². The number of amides is 1. The number of fused-ring (bicyclic) bond motifs is 3. The summed E-state index contributed by atoms with van der Waals surface area (Å²) in [5, 5.41) is 1.01. The van der Waals surface area contributed by atoms with Gasteiger partial charge in [0, 0.05) is 11.4 Å². The summed E-state index contributed by atoms with van der Waals surface area (Å²) >= 11 is 2.93.